The van der Waals surface area contributed by atoms with Crippen LogP contribution in [0.1, 0.15) is 25.1 Å². The summed E-state index contributed by atoms with van der Waals surface area (Å²) >= 11 is 1.50. The van der Waals surface area contributed by atoms with Crippen molar-refractivity contribution in [2.45, 2.75) is 30.7 Å². The molecule has 3 aromatic heterocycles. The van der Waals surface area contributed by atoms with E-state index >= 15 is 0 Å². The topological polar surface area (TPSA) is 82.8 Å². The zero-order chi connectivity index (χ0) is 17.8. The van der Waals surface area contributed by atoms with E-state index in [2.05, 4.69) is 27.3 Å². The van der Waals surface area contributed by atoms with Crippen molar-refractivity contribution in [3.8, 4) is 17.3 Å². The van der Waals surface area contributed by atoms with Crippen LogP contribution in [0.2, 0.25) is 0 Å². The molecule has 0 aliphatic carbocycles. The molecule has 0 bridgehead atoms. The Bertz CT molecular complexity index is 963. The zero-order valence-corrected chi connectivity index (χ0v) is 15.0. The molecule has 26 heavy (non-hydrogen) atoms. The molecule has 0 radical (unpaired) electrons. The maximum absolute atomic E-state index is 5.51. The predicted molar refractivity (Wildman–Crippen MR) is 96.9 cm³/mol. The highest BCUT2D eigenvalue weighted by atomic mass is 32.2. The van der Waals surface area contributed by atoms with Gasteiger partial charge in [0.1, 0.15) is 0 Å². The quantitative estimate of drug-likeness (QED) is 0.454. The summed E-state index contributed by atoms with van der Waals surface area (Å²) in [6, 6.07) is 13.6. The first-order valence-electron chi connectivity index (χ1n) is 8.34. The third-order valence-electron chi connectivity index (χ3n) is 3.70. The molecule has 0 fully saturated rings. The lowest BCUT2D eigenvalue weighted by molar-refractivity contribution is 0.384. The molecule has 0 spiro atoms. The average molecular weight is 367 g/mol. The molecular formula is C18H17N5O2S. The third kappa shape index (κ3) is 3.41. The van der Waals surface area contributed by atoms with Gasteiger partial charge in [-0.2, -0.15) is 4.98 Å². The predicted octanol–water partition coefficient (Wildman–Crippen LogP) is 4.16. The minimum absolute atomic E-state index is 0.528. The van der Waals surface area contributed by atoms with Gasteiger partial charge in [-0.3, -0.25) is 4.57 Å². The highest BCUT2D eigenvalue weighted by Crippen LogP contribution is 2.29. The van der Waals surface area contributed by atoms with Gasteiger partial charge in [-0.15, -0.1) is 10.2 Å². The van der Waals surface area contributed by atoms with E-state index < -0.39 is 0 Å². The summed E-state index contributed by atoms with van der Waals surface area (Å²) in [6.45, 7) is 2.09. The number of rotatable bonds is 7. The molecule has 0 atom stereocenters. The first-order chi connectivity index (χ1) is 12.8. The van der Waals surface area contributed by atoms with E-state index in [0.29, 0.717) is 23.2 Å². The molecule has 0 unspecified atom stereocenters. The summed E-state index contributed by atoms with van der Waals surface area (Å²) in [5.41, 5.74) is 0.962. The van der Waals surface area contributed by atoms with Crippen LogP contribution in [0.4, 0.5) is 0 Å². The van der Waals surface area contributed by atoms with Crippen LogP contribution in [0, 0.1) is 0 Å². The van der Waals surface area contributed by atoms with Gasteiger partial charge in [-0.1, -0.05) is 42.0 Å². The van der Waals surface area contributed by atoms with Gasteiger partial charge in [0, 0.05) is 12.1 Å². The van der Waals surface area contributed by atoms with Crippen molar-refractivity contribution in [3.63, 3.8) is 0 Å². The fourth-order valence-corrected chi connectivity index (χ4v) is 3.33. The van der Waals surface area contributed by atoms with Crippen molar-refractivity contribution in [2.75, 3.05) is 0 Å². The molecule has 0 saturated heterocycles. The SMILES string of the molecule is CCCc1noc(CSc2nnc(-c3ccco3)n2-c2ccccc2)n1. The molecule has 0 saturated carbocycles. The van der Waals surface area contributed by atoms with E-state index in [1.165, 1.54) is 11.8 Å². The van der Waals surface area contributed by atoms with Crippen LogP contribution >= 0.6 is 11.8 Å². The van der Waals surface area contributed by atoms with Gasteiger partial charge >= 0.3 is 0 Å². The number of furan rings is 1. The first-order valence-corrected chi connectivity index (χ1v) is 9.32. The molecule has 8 heteroatoms. The second kappa shape index (κ2) is 7.57. The largest absolute Gasteiger partial charge is 0.461 e. The first kappa shape index (κ1) is 16.6. The number of para-hydroxylation sites is 1. The van der Waals surface area contributed by atoms with Gasteiger partial charge in [-0.25, -0.2) is 0 Å². The minimum atomic E-state index is 0.528. The maximum Gasteiger partial charge on any atom is 0.237 e. The summed E-state index contributed by atoms with van der Waals surface area (Å²) in [6.07, 6.45) is 3.43. The Hall–Kier alpha value is -2.87. The number of hydrogen-bond acceptors (Lipinski definition) is 7. The molecule has 0 N–H and O–H groups in total. The Kier molecular flexibility index (Phi) is 4.83. The van der Waals surface area contributed by atoms with Gasteiger partial charge in [0.15, 0.2) is 16.7 Å². The van der Waals surface area contributed by atoms with E-state index in [1.807, 2.05) is 47.0 Å². The molecule has 7 nitrogen and oxygen atoms in total. The van der Waals surface area contributed by atoms with Crippen LogP contribution in [-0.2, 0) is 12.2 Å². The van der Waals surface area contributed by atoms with Crippen molar-refractivity contribution in [1.29, 1.82) is 0 Å². The Morgan fingerprint density at radius 2 is 1.96 bits per heavy atom. The molecule has 132 valence electrons. The van der Waals surface area contributed by atoms with Crippen LogP contribution < -0.4 is 0 Å². The molecule has 4 rings (SSSR count). The van der Waals surface area contributed by atoms with Gasteiger partial charge < -0.3 is 8.94 Å². The zero-order valence-electron chi connectivity index (χ0n) is 14.2. The molecule has 3 heterocycles. The summed E-state index contributed by atoms with van der Waals surface area (Å²) in [5.74, 6) is 3.17. The number of aromatic nitrogens is 5. The van der Waals surface area contributed by atoms with Crippen LogP contribution in [0.15, 0.2) is 62.8 Å². The number of benzene rings is 1. The Morgan fingerprint density at radius 1 is 1.08 bits per heavy atom. The van der Waals surface area contributed by atoms with Crippen LogP contribution in [0.25, 0.3) is 17.3 Å². The normalized spacial score (nSPS) is 11.1. The van der Waals surface area contributed by atoms with Crippen LogP contribution in [0.3, 0.4) is 0 Å². The summed E-state index contributed by atoms with van der Waals surface area (Å²) < 4.78 is 12.8. The maximum atomic E-state index is 5.51. The lowest BCUT2D eigenvalue weighted by Crippen LogP contribution is -1.99. The number of thioether (sulfide) groups is 1. The number of hydrogen-bond donors (Lipinski definition) is 0. The van der Waals surface area contributed by atoms with Crippen LogP contribution in [-0.4, -0.2) is 24.9 Å². The van der Waals surface area contributed by atoms with Gasteiger partial charge in [-0.05, 0) is 30.7 Å². The highest BCUT2D eigenvalue weighted by Gasteiger charge is 2.18. The highest BCUT2D eigenvalue weighted by molar-refractivity contribution is 7.98. The van der Waals surface area contributed by atoms with Gasteiger partial charge in [0.05, 0.1) is 12.0 Å². The average Bonchev–Trinajstić information content (AvgIpc) is 3.41. The molecule has 0 aliphatic heterocycles. The standard InChI is InChI=1S/C18H17N5O2S/c1-2-7-15-19-16(25-22-15)12-26-18-21-20-17(14-10-6-11-24-14)23(18)13-8-4-3-5-9-13/h3-6,8-11H,2,7,12H2,1H3. The molecular weight excluding hydrogens is 350 g/mol. The lowest BCUT2D eigenvalue weighted by atomic mass is 10.3. The Morgan fingerprint density at radius 3 is 2.73 bits per heavy atom. The van der Waals surface area contributed by atoms with E-state index in [9.17, 15) is 0 Å². The molecule has 1 aromatic carbocycles. The molecule has 0 aliphatic rings. The Balaban J connectivity index is 1.63. The van der Waals surface area contributed by atoms with Gasteiger partial charge in [0.2, 0.25) is 11.7 Å². The van der Waals surface area contributed by atoms with E-state index in [0.717, 1.165) is 29.5 Å². The monoisotopic (exact) mass is 367 g/mol. The van der Waals surface area contributed by atoms with Crippen molar-refractivity contribution in [3.05, 3.63) is 60.4 Å². The second-order valence-electron chi connectivity index (χ2n) is 5.60. The van der Waals surface area contributed by atoms with E-state index in [1.54, 1.807) is 6.26 Å². The Labute approximate surface area is 154 Å². The number of nitrogens with zero attached hydrogens (tertiary/aromatic N) is 5. The van der Waals surface area contributed by atoms with Crippen LogP contribution in [0.5, 0.6) is 0 Å². The fourth-order valence-electron chi connectivity index (χ4n) is 2.54. The lowest BCUT2D eigenvalue weighted by Gasteiger charge is -2.08. The van der Waals surface area contributed by atoms with Crippen molar-refractivity contribution in [2.24, 2.45) is 0 Å². The molecule has 4 aromatic rings. The van der Waals surface area contributed by atoms with Crippen molar-refractivity contribution in [1.82, 2.24) is 24.9 Å². The summed E-state index contributed by atoms with van der Waals surface area (Å²) in [7, 11) is 0. The van der Waals surface area contributed by atoms with E-state index in [4.69, 9.17) is 8.94 Å². The second-order valence-corrected chi connectivity index (χ2v) is 6.54. The van der Waals surface area contributed by atoms with Gasteiger partial charge in [0.25, 0.3) is 0 Å². The summed E-state index contributed by atoms with van der Waals surface area (Å²) in [4.78, 5) is 4.40. The van der Waals surface area contributed by atoms with Crippen molar-refractivity contribution < 1.29 is 8.94 Å². The smallest absolute Gasteiger partial charge is 0.237 e. The minimum Gasteiger partial charge on any atom is -0.461 e. The summed E-state index contributed by atoms with van der Waals surface area (Å²) in [5, 5.41) is 13.4. The van der Waals surface area contributed by atoms with E-state index in [-0.39, 0.29) is 0 Å². The fraction of sp³-hybridized carbons (Fsp3) is 0.222. The molecule has 0 amide bonds. The van der Waals surface area contributed by atoms with Crippen molar-refractivity contribution >= 4 is 11.8 Å². The number of aryl methyl sites for hydroxylation is 1. The third-order valence-corrected chi connectivity index (χ3v) is 4.61.